The van der Waals surface area contributed by atoms with Crippen LogP contribution in [-0.2, 0) is 4.79 Å². The minimum absolute atomic E-state index is 0. The van der Waals surface area contributed by atoms with E-state index >= 15 is 0 Å². The summed E-state index contributed by atoms with van der Waals surface area (Å²) >= 11 is 6.59. The lowest BCUT2D eigenvalue weighted by atomic mass is 10.2. The van der Waals surface area contributed by atoms with Gasteiger partial charge in [0.2, 0.25) is 5.91 Å². The number of benzene rings is 1. The van der Waals surface area contributed by atoms with Gasteiger partial charge in [0.15, 0.2) is 0 Å². The summed E-state index contributed by atoms with van der Waals surface area (Å²) in [6, 6.07) is 1.97. The third-order valence-electron chi connectivity index (χ3n) is 3.74. The van der Waals surface area contributed by atoms with Crippen molar-refractivity contribution in [1.82, 2.24) is 4.90 Å². The number of carbonyl (C=O) groups is 1. The van der Waals surface area contributed by atoms with E-state index in [0.29, 0.717) is 5.69 Å². The van der Waals surface area contributed by atoms with Crippen molar-refractivity contribution in [2.45, 2.75) is 13.0 Å². The average molecular weight is 741 g/mol. The van der Waals surface area contributed by atoms with E-state index in [9.17, 15) is 15.0 Å². The van der Waals surface area contributed by atoms with Crippen LogP contribution in [0.1, 0.15) is 5.56 Å². The Labute approximate surface area is 206 Å². The van der Waals surface area contributed by atoms with Gasteiger partial charge < -0.3 is 25.3 Å². The Kier molecular flexibility index (Phi) is 14.6. The molecule has 27 heavy (non-hydrogen) atoms. The molecule has 0 aliphatic heterocycles. The number of hydrogen-bond acceptors (Lipinski definition) is 6. The fourth-order valence-corrected chi connectivity index (χ4v) is 6.29. The Bertz CT molecular complexity index is 618. The molecule has 11 heteroatoms. The molecule has 156 valence electrons. The predicted molar refractivity (Wildman–Crippen MR) is 133 cm³/mol. The van der Waals surface area contributed by atoms with Crippen molar-refractivity contribution in [2.24, 2.45) is 0 Å². The van der Waals surface area contributed by atoms with Gasteiger partial charge in [-0.15, -0.1) is 12.4 Å². The number of halogens is 4. The third kappa shape index (κ3) is 8.32. The lowest BCUT2D eigenvalue weighted by molar-refractivity contribution is -0.120. The monoisotopic (exact) mass is 740 g/mol. The Hall–Kier alpha value is 0.970. The topological polar surface area (TPSA) is 104 Å². The summed E-state index contributed by atoms with van der Waals surface area (Å²) in [5, 5.41) is 37.5. The minimum Gasteiger partial charge on any atom is -0.395 e. The summed E-state index contributed by atoms with van der Waals surface area (Å²) in [6.45, 7) is 1.78. The number of aliphatic hydroxyl groups excluding tert-OH is 4. The van der Waals surface area contributed by atoms with Gasteiger partial charge in [-0.2, -0.15) is 0 Å². The number of aliphatic hydroxyl groups is 4. The fraction of sp³-hybridized carbons (Fsp3) is 0.562. The lowest BCUT2D eigenvalue weighted by Crippen LogP contribution is -2.46. The lowest BCUT2D eigenvalue weighted by Gasteiger charge is -2.30. The zero-order chi connectivity index (χ0) is 19.9. The van der Waals surface area contributed by atoms with Crippen molar-refractivity contribution >= 4 is 91.8 Å². The second-order valence-electron chi connectivity index (χ2n) is 5.69. The molecule has 0 spiro atoms. The summed E-state index contributed by atoms with van der Waals surface area (Å²) < 4.78 is 2.86. The molecule has 1 rings (SSSR count). The SMILES string of the molecule is Cc1c(I)cc(I)c(N(CC(O)CO)C(=O)CN(CCO)CCO)c1I.Cl. The van der Waals surface area contributed by atoms with Crippen molar-refractivity contribution in [2.75, 3.05) is 50.9 Å². The van der Waals surface area contributed by atoms with Gasteiger partial charge in [-0.1, -0.05) is 0 Å². The van der Waals surface area contributed by atoms with Gasteiger partial charge >= 0.3 is 0 Å². The largest absolute Gasteiger partial charge is 0.395 e. The molecule has 1 aromatic carbocycles. The highest BCUT2D eigenvalue weighted by Crippen LogP contribution is 2.34. The minimum atomic E-state index is -1.06. The summed E-state index contributed by atoms with van der Waals surface area (Å²) in [6.07, 6.45) is -1.06. The Morgan fingerprint density at radius 2 is 1.67 bits per heavy atom. The van der Waals surface area contributed by atoms with Crippen LogP contribution in [0.2, 0.25) is 0 Å². The number of carbonyl (C=O) groups excluding carboxylic acids is 1. The van der Waals surface area contributed by atoms with E-state index in [4.69, 9.17) is 10.2 Å². The smallest absolute Gasteiger partial charge is 0.241 e. The summed E-state index contributed by atoms with van der Waals surface area (Å²) in [5.74, 6) is -0.268. The van der Waals surface area contributed by atoms with Crippen LogP contribution in [0.5, 0.6) is 0 Å². The highest BCUT2D eigenvalue weighted by atomic mass is 127. The second-order valence-corrected chi connectivity index (χ2v) is 9.10. The molecule has 1 amide bonds. The van der Waals surface area contributed by atoms with E-state index in [0.717, 1.165) is 16.3 Å². The van der Waals surface area contributed by atoms with E-state index in [1.807, 2.05) is 13.0 Å². The van der Waals surface area contributed by atoms with Crippen molar-refractivity contribution in [1.29, 1.82) is 0 Å². The number of nitrogens with zero attached hydrogens (tertiary/aromatic N) is 2. The number of hydrogen-bond donors (Lipinski definition) is 4. The first-order chi connectivity index (χ1) is 12.3. The van der Waals surface area contributed by atoms with Crippen LogP contribution in [-0.4, -0.2) is 83.3 Å². The molecular formula is C16H24ClI3N2O5. The maximum absolute atomic E-state index is 13.0. The molecule has 7 nitrogen and oxygen atoms in total. The van der Waals surface area contributed by atoms with Crippen LogP contribution in [0, 0.1) is 17.6 Å². The van der Waals surface area contributed by atoms with E-state index in [1.54, 1.807) is 4.90 Å². The van der Waals surface area contributed by atoms with Gasteiger partial charge in [0, 0.05) is 23.8 Å². The van der Waals surface area contributed by atoms with Crippen molar-refractivity contribution < 1.29 is 25.2 Å². The van der Waals surface area contributed by atoms with Gasteiger partial charge in [-0.05, 0) is 86.3 Å². The number of rotatable bonds is 10. The summed E-state index contributed by atoms with van der Waals surface area (Å²) in [5.41, 5.74) is 1.75. The standard InChI is InChI=1S/C16H23I3N2O5.ClH/c1-10-12(17)6-13(18)16(15(10)19)21(7-11(25)9-24)14(26)8-20(2-4-22)3-5-23;/h6,11,22-25H,2-5,7-9H2,1H3;1H. The molecule has 0 heterocycles. The Morgan fingerprint density at radius 3 is 2.15 bits per heavy atom. The summed E-state index contributed by atoms with van der Waals surface area (Å²) in [4.78, 5) is 16.1. The Morgan fingerprint density at radius 1 is 1.11 bits per heavy atom. The van der Waals surface area contributed by atoms with E-state index in [2.05, 4.69) is 67.8 Å². The number of amides is 1. The van der Waals surface area contributed by atoms with Crippen molar-refractivity contribution in [3.8, 4) is 0 Å². The number of anilines is 1. The van der Waals surface area contributed by atoms with Crippen LogP contribution in [0.4, 0.5) is 5.69 Å². The molecular weight excluding hydrogens is 716 g/mol. The Balaban J connectivity index is 0.00000676. The van der Waals surface area contributed by atoms with Crippen molar-refractivity contribution in [3.05, 3.63) is 22.3 Å². The molecule has 0 aromatic heterocycles. The zero-order valence-corrected chi connectivity index (χ0v) is 22.0. The fourth-order valence-electron chi connectivity index (χ4n) is 2.34. The van der Waals surface area contributed by atoms with Gasteiger partial charge in [-0.25, -0.2) is 0 Å². The first kappa shape index (κ1) is 28.0. The maximum atomic E-state index is 13.0. The van der Waals surface area contributed by atoms with E-state index in [1.165, 1.54) is 4.90 Å². The van der Waals surface area contributed by atoms with Crippen LogP contribution < -0.4 is 4.90 Å². The molecule has 0 aliphatic rings. The normalized spacial score (nSPS) is 12.0. The zero-order valence-electron chi connectivity index (χ0n) is 14.7. The highest BCUT2D eigenvalue weighted by molar-refractivity contribution is 14.1. The average Bonchev–Trinajstić information content (AvgIpc) is 2.59. The molecule has 4 N–H and O–H groups in total. The molecule has 0 radical (unpaired) electrons. The second kappa shape index (κ2) is 14.1. The van der Waals surface area contributed by atoms with Crippen LogP contribution >= 0.6 is 80.2 Å². The van der Waals surface area contributed by atoms with Crippen LogP contribution in [0.25, 0.3) is 0 Å². The molecule has 1 unspecified atom stereocenters. The third-order valence-corrected chi connectivity index (χ3v) is 7.00. The quantitative estimate of drug-likeness (QED) is 0.269. The van der Waals surface area contributed by atoms with Gasteiger partial charge in [0.1, 0.15) is 0 Å². The van der Waals surface area contributed by atoms with Gasteiger partial charge in [-0.3, -0.25) is 9.69 Å². The van der Waals surface area contributed by atoms with Gasteiger partial charge in [0.25, 0.3) is 0 Å². The van der Waals surface area contributed by atoms with E-state index < -0.39 is 12.7 Å². The molecule has 1 atom stereocenters. The first-order valence-corrected chi connectivity index (χ1v) is 11.2. The first-order valence-electron chi connectivity index (χ1n) is 7.94. The molecule has 0 aliphatic carbocycles. The highest BCUT2D eigenvalue weighted by Gasteiger charge is 2.26. The van der Waals surface area contributed by atoms with Crippen LogP contribution in [0.3, 0.4) is 0 Å². The molecule has 0 bridgehead atoms. The maximum Gasteiger partial charge on any atom is 0.241 e. The molecule has 0 saturated carbocycles. The van der Waals surface area contributed by atoms with Crippen molar-refractivity contribution in [3.63, 3.8) is 0 Å². The predicted octanol–water partition coefficient (Wildman–Crippen LogP) is 1.20. The molecule has 1 aromatic rings. The van der Waals surface area contributed by atoms with E-state index in [-0.39, 0.29) is 57.7 Å². The molecule has 0 fully saturated rings. The summed E-state index contributed by atoms with van der Waals surface area (Å²) in [7, 11) is 0. The molecule has 0 saturated heterocycles. The van der Waals surface area contributed by atoms with Gasteiger partial charge in [0.05, 0.1) is 44.7 Å². The van der Waals surface area contributed by atoms with Crippen LogP contribution in [0.15, 0.2) is 6.07 Å².